The summed E-state index contributed by atoms with van der Waals surface area (Å²) in [5, 5.41) is 41.3. The van der Waals surface area contributed by atoms with Gasteiger partial charge in [-0.2, -0.15) is 5.10 Å². The first-order valence-corrected chi connectivity index (χ1v) is 12.1. The third kappa shape index (κ3) is 5.00. The summed E-state index contributed by atoms with van der Waals surface area (Å²) in [6, 6.07) is 5.97. The van der Waals surface area contributed by atoms with E-state index in [0.29, 0.717) is 23.6 Å². The van der Waals surface area contributed by atoms with Crippen molar-refractivity contribution in [3.63, 3.8) is 0 Å². The summed E-state index contributed by atoms with van der Waals surface area (Å²) in [7, 11) is 1.46. The molecule has 1 saturated carbocycles. The van der Waals surface area contributed by atoms with Crippen LogP contribution in [0.25, 0.3) is 0 Å². The molecule has 1 aromatic carbocycles. The summed E-state index contributed by atoms with van der Waals surface area (Å²) in [4.78, 5) is 26.9. The van der Waals surface area contributed by atoms with Gasteiger partial charge in [0.05, 0.1) is 41.7 Å². The van der Waals surface area contributed by atoms with Crippen molar-refractivity contribution in [1.82, 2.24) is 20.0 Å². The molecule has 0 radical (unpaired) electrons. The van der Waals surface area contributed by atoms with Crippen molar-refractivity contribution >= 4 is 44.8 Å². The fraction of sp³-hybridized carbons (Fsp3) is 0.500. The minimum atomic E-state index is -1.17. The fourth-order valence-corrected chi connectivity index (χ4v) is 5.07. The SMILES string of the molecule is CC(NC1CC(O)C(O)C1)C1(O)CN(C(=O)c2nn(C)c(=O)cc2Nc2ccc(Br)cc2Cl)C1. The van der Waals surface area contributed by atoms with Crippen molar-refractivity contribution in [3.8, 4) is 0 Å². The summed E-state index contributed by atoms with van der Waals surface area (Å²) in [5.74, 6) is -0.435. The lowest BCUT2D eigenvalue weighted by Gasteiger charge is -2.50. The van der Waals surface area contributed by atoms with Crippen molar-refractivity contribution in [2.75, 3.05) is 18.4 Å². The number of aryl methyl sites for hydroxylation is 1. The highest BCUT2D eigenvalue weighted by Gasteiger charge is 2.49. The highest BCUT2D eigenvalue weighted by molar-refractivity contribution is 9.10. The number of rotatable bonds is 6. The van der Waals surface area contributed by atoms with E-state index in [-0.39, 0.29) is 36.6 Å². The number of β-amino-alcohol motifs (C(OH)–C–C–N with tert-alkyl or cyclic N) is 1. The molecule has 12 heteroatoms. The third-order valence-electron chi connectivity index (χ3n) is 6.50. The third-order valence-corrected chi connectivity index (χ3v) is 7.31. The minimum absolute atomic E-state index is 0.0331. The Hall–Kier alpha value is -2.02. The molecular weight excluding hydrogens is 530 g/mol. The van der Waals surface area contributed by atoms with Crippen molar-refractivity contribution < 1.29 is 20.1 Å². The average Bonchev–Trinajstić information content (AvgIpc) is 3.06. The number of aliphatic hydroxyl groups is 3. The number of anilines is 2. The molecule has 1 amide bonds. The molecule has 2 aromatic rings. The maximum Gasteiger partial charge on any atom is 0.276 e. The highest BCUT2D eigenvalue weighted by atomic mass is 79.9. The van der Waals surface area contributed by atoms with Crippen LogP contribution < -0.4 is 16.2 Å². The van der Waals surface area contributed by atoms with Crippen LogP contribution in [0.15, 0.2) is 33.5 Å². The zero-order valence-corrected chi connectivity index (χ0v) is 21.0. The number of nitrogens with one attached hydrogen (secondary N) is 2. The molecule has 4 rings (SSSR count). The van der Waals surface area contributed by atoms with Crippen LogP contribution in [-0.2, 0) is 7.05 Å². The van der Waals surface area contributed by atoms with Gasteiger partial charge >= 0.3 is 0 Å². The Bertz CT molecular complexity index is 1140. The van der Waals surface area contributed by atoms with Gasteiger partial charge < -0.3 is 30.9 Å². The summed E-state index contributed by atoms with van der Waals surface area (Å²) >= 11 is 9.62. The molecule has 34 heavy (non-hydrogen) atoms. The number of likely N-dealkylation sites (tertiary alicyclic amines) is 1. The molecule has 5 N–H and O–H groups in total. The van der Waals surface area contributed by atoms with E-state index in [9.17, 15) is 24.9 Å². The Morgan fingerprint density at radius 1 is 1.24 bits per heavy atom. The first-order chi connectivity index (χ1) is 16.0. The molecule has 0 spiro atoms. The van der Waals surface area contributed by atoms with Crippen molar-refractivity contribution in [2.45, 2.75) is 49.7 Å². The Balaban J connectivity index is 1.48. The largest absolute Gasteiger partial charge is 0.390 e. The predicted molar refractivity (Wildman–Crippen MR) is 130 cm³/mol. The van der Waals surface area contributed by atoms with E-state index in [1.165, 1.54) is 18.0 Å². The van der Waals surface area contributed by atoms with Crippen LogP contribution in [0.2, 0.25) is 5.02 Å². The van der Waals surface area contributed by atoms with E-state index in [0.717, 1.165) is 9.15 Å². The van der Waals surface area contributed by atoms with Crippen molar-refractivity contribution in [1.29, 1.82) is 0 Å². The first kappa shape index (κ1) is 25.1. The van der Waals surface area contributed by atoms with Gasteiger partial charge in [-0.1, -0.05) is 27.5 Å². The van der Waals surface area contributed by atoms with Crippen LogP contribution in [0.4, 0.5) is 11.4 Å². The number of halogens is 2. The molecule has 1 saturated heterocycles. The van der Waals surface area contributed by atoms with Gasteiger partial charge in [0.1, 0.15) is 5.60 Å². The zero-order valence-electron chi connectivity index (χ0n) is 18.7. The topological polar surface area (TPSA) is 140 Å². The van der Waals surface area contributed by atoms with Gasteiger partial charge in [0, 0.05) is 29.7 Å². The molecule has 0 bridgehead atoms. The Morgan fingerprint density at radius 2 is 1.88 bits per heavy atom. The van der Waals surface area contributed by atoms with Crippen molar-refractivity contribution in [2.24, 2.45) is 7.05 Å². The Kier molecular flexibility index (Phi) is 7.05. The fourth-order valence-electron chi connectivity index (χ4n) is 4.35. The Labute approximate surface area is 209 Å². The molecule has 1 aromatic heterocycles. The molecule has 184 valence electrons. The van der Waals surface area contributed by atoms with Crippen LogP contribution in [0.5, 0.6) is 0 Å². The van der Waals surface area contributed by atoms with Crippen LogP contribution in [0.3, 0.4) is 0 Å². The van der Waals surface area contributed by atoms with Gasteiger partial charge in [0.25, 0.3) is 11.5 Å². The van der Waals surface area contributed by atoms with Crippen molar-refractivity contribution in [3.05, 3.63) is 49.8 Å². The van der Waals surface area contributed by atoms with Gasteiger partial charge in [0.15, 0.2) is 5.69 Å². The highest BCUT2D eigenvalue weighted by Crippen LogP contribution is 2.32. The molecular formula is C22H27BrClN5O5. The lowest BCUT2D eigenvalue weighted by atomic mass is 9.86. The van der Waals surface area contributed by atoms with Gasteiger partial charge in [-0.15, -0.1) is 0 Å². The zero-order chi connectivity index (χ0) is 24.8. The normalized spacial score (nSPS) is 24.6. The second-order valence-corrected chi connectivity index (χ2v) is 10.4. The van der Waals surface area contributed by atoms with Crippen LogP contribution in [0.1, 0.15) is 30.3 Å². The average molecular weight is 557 g/mol. The molecule has 3 unspecified atom stereocenters. The first-order valence-electron chi connectivity index (χ1n) is 10.9. The summed E-state index contributed by atoms with van der Waals surface area (Å²) in [6.07, 6.45) is -0.751. The predicted octanol–water partition coefficient (Wildman–Crippen LogP) is 0.989. The number of aliphatic hydroxyl groups excluding tert-OH is 2. The maximum absolute atomic E-state index is 13.3. The summed E-state index contributed by atoms with van der Waals surface area (Å²) in [6.45, 7) is 1.95. The van der Waals surface area contributed by atoms with E-state index in [4.69, 9.17) is 11.6 Å². The molecule has 1 aliphatic carbocycles. The standard InChI is InChI=1S/C22H27BrClN5O5/c1-11(25-13-6-17(30)18(31)7-13)22(34)9-29(10-22)21(33)20-16(8-19(32)28(2)27-20)26-15-4-3-12(23)5-14(15)24/h3-5,8,11,13,17-18,25-26,30-31,34H,6-7,9-10H2,1-2H3. The number of hydrogen-bond acceptors (Lipinski definition) is 8. The number of benzene rings is 1. The van der Waals surface area contributed by atoms with Crippen LogP contribution in [0, 0.1) is 0 Å². The number of carbonyl (C=O) groups is 1. The number of aromatic nitrogens is 2. The Morgan fingerprint density at radius 3 is 2.50 bits per heavy atom. The smallest absolute Gasteiger partial charge is 0.276 e. The molecule has 1 aliphatic heterocycles. The number of carbonyl (C=O) groups excluding carboxylic acids is 1. The summed E-state index contributed by atoms with van der Waals surface area (Å²) in [5.41, 5.74) is -0.810. The molecule has 10 nitrogen and oxygen atoms in total. The van der Waals surface area contributed by atoms with Gasteiger partial charge in [-0.05, 0) is 38.0 Å². The molecule has 2 heterocycles. The second-order valence-electron chi connectivity index (χ2n) is 9.07. The van der Waals surface area contributed by atoms with E-state index in [2.05, 4.69) is 31.7 Å². The molecule has 2 aliphatic rings. The van der Waals surface area contributed by atoms with E-state index < -0.39 is 29.3 Å². The van der Waals surface area contributed by atoms with E-state index in [1.807, 2.05) is 6.92 Å². The number of amides is 1. The second kappa shape index (κ2) is 9.56. The summed E-state index contributed by atoms with van der Waals surface area (Å²) < 4.78 is 1.86. The van der Waals surface area contributed by atoms with E-state index in [1.54, 1.807) is 18.2 Å². The lowest BCUT2D eigenvalue weighted by Crippen LogP contribution is -2.71. The monoisotopic (exact) mass is 555 g/mol. The molecule has 3 atom stereocenters. The minimum Gasteiger partial charge on any atom is -0.390 e. The van der Waals surface area contributed by atoms with Gasteiger partial charge in [0.2, 0.25) is 0 Å². The lowest BCUT2D eigenvalue weighted by molar-refractivity contribution is -0.102. The maximum atomic E-state index is 13.3. The van der Waals surface area contributed by atoms with Gasteiger partial charge in [-0.3, -0.25) is 9.59 Å². The van der Waals surface area contributed by atoms with Crippen LogP contribution >= 0.6 is 27.5 Å². The quantitative estimate of drug-likeness (QED) is 0.355. The number of hydrogen-bond donors (Lipinski definition) is 5. The van der Waals surface area contributed by atoms with Crippen LogP contribution in [-0.4, -0.2) is 78.9 Å². The van der Waals surface area contributed by atoms with Gasteiger partial charge in [-0.25, -0.2) is 4.68 Å². The number of nitrogens with zero attached hydrogens (tertiary/aromatic N) is 3. The van der Waals surface area contributed by atoms with E-state index >= 15 is 0 Å². The molecule has 2 fully saturated rings.